The summed E-state index contributed by atoms with van der Waals surface area (Å²) in [6, 6.07) is 18.7. The number of aryl methyl sites for hydroxylation is 1. The molecule has 6 nitrogen and oxygen atoms in total. The highest BCUT2D eigenvalue weighted by molar-refractivity contribution is 5.79. The SMILES string of the molecule is COCCn1c(N2CCC(NC(=O)CCc3ccccc3)CC2)nc2ccccc21. The molecule has 158 valence electrons. The van der Waals surface area contributed by atoms with Gasteiger partial charge in [-0.25, -0.2) is 4.98 Å². The maximum absolute atomic E-state index is 12.4. The second-order valence-electron chi connectivity index (χ2n) is 7.86. The monoisotopic (exact) mass is 406 g/mol. The second-order valence-corrected chi connectivity index (χ2v) is 7.86. The lowest BCUT2D eigenvalue weighted by molar-refractivity contribution is -0.121. The Balaban J connectivity index is 1.33. The zero-order valence-electron chi connectivity index (χ0n) is 17.6. The van der Waals surface area contributed by atoms with Crippen LogP contribution in [0.5, 0.6) is 0 Å². The van der Waals surface area contributed by atoms with Gasteiger partial charge in [-0.15, -0.1) is 0 Å². The molecular weight excluding hydrogens is 376 g/mol. The zero-order valence-corrected chi connectivity index (χ0v) is 17.6. The van der Waals surface area contributed by atoms with Gasteiger partial charge in [0.25, 0.3) is 0 Å². The van der Waals surface area contributed by atoms with Gasteiger partial charge in [0.1, 0.15) is 0 Å². The number of fused-ring (bicyclic) bond motifs is 1. The number of para-hydroxylation sites is 2. The van der Waals surface area contributed by atoms with Crippen LogP contribution in [-0.2, 0) is 22.5 Å². The van der Waals surface area contributed by atoms with Crippen LogP contribution in [0.4, 0.5) is 5.95 Å². The topological polar surface area (TPSA) is 59.4 Å². The van der Waals surface area contributed by atoms with Crippen molar-refractivity contribution in [3.8, 4) is 0 Å². The van der Waals surface area contributed by atoms with Gasteiger partial charge in [-0.3, -0.25) is 4.79 Å². The standard InChI is InChI=1S/C24H30N4O2/c1-30-18-17-28-22-10-6-5-9-21(22)26-24(28)27-15-13-20(14-16-27)25-23(29)12-11-19-7-3-2-4-8-19/h2-10,20H,11-18H2,1H3,(H,25,29). The maximum Gasteiger partial charge on any atom is 0.220 e. The van der Waals surface area contributed by atoms with Crippen LogP contribution < -0.4 is 10.2 Å². The molecule has 0 atom stereocenters. The number of rotatable bonds is 8. The van der Waals surface area contributed by atoms with Crippen molar-refractivity contribution >= 4 is 22.9 Å². The summed E-state index contributed by atoms with van der Waals surface area (Å²) >= 11 is 0. The predicted octanol–water partition coefficient (Wildman–Crippen LogP) is 3.40. The first-order valence-electron chi connectivity index (χ1n) is 10.8. The number of carbonyl (C=O) groups is 1. The Morgan fingerprint density at radius 2 is 1.83 bits per heavy atom. The van der Waals surface area contributed by atoms with Crippen molar-refractivity contribution in [1.29, 1.82) is 0 Å². The lowest BCUT2D eigenvalue weighted by atomic mass is 10.0. The van der Waals surface area contributed by atoms with Crippen molar-refractivity contribution in [3.63, 3.8) is 0 Å². The van der Waals surface area contributed by atoms with Crippen molar-refractivity contribution in [2.45, 2.75) is 38.3 Å². The average Bonchev–Trinajstić information content (AvgIpc) is 3.16. The lowest BCUT2D eigenvalue weighted by Gasteiger charge is -2.33. The molecule has 1 aliphatic heterocycles. The number of hydrogen-bond donors (Lipinski definition) is 1. The third-order valence-corrected chi connectivity index (χ3v) is 5.78. The molecule has 0 saturated carbocycles. The molecule has 4 rings (SSSR count). The van der Waals surface area contributed by atoms with E-state index in [0.717, 1.165) is 55.9 Å². The first kappa shape index (κ1) is 20.4. The molecule has 3 aromatic rings. The fourth-order valence-electron chi connectivity index (χ4n) is 4.13. The van der Waals surface area contributed by atoms with E-state index in [1.807, 2.05) is 30.3 Å². The van der Waals surface area contributed by atoms with Crippen molar-refractivity contribution < 1.29 is 9.53 Å². The molecule has 1 aromatic heterocycles. The highest BCUT2D eigenvalue weighted by Crippen LogP contribution is 2.25. The lowest BCUT2D eigenvalue weighted by Crippen LogP contribution is -2.45. The summed E-state index contributed by atoms with van der Waals surface area (Å²) < 4.78 is 7.56. The quantitative estimate of drug-likeness (QED) is 0.623. The largest absolute Gasteiger partial charge is 0.383 e. The van der Waals surface area contributed by atoms with Gasteiger partial charge in [0.15, 0.2) is 0 Å². The molecule has 30 heavy (non-hydrogen) atoms. The molecule has 1 fully saturated rings. The normalized spacial score (nSPS) is 14.9. The van der Waals surface area contributed by atoms with Crippen molar-refractivity contribution in [2.24, 2.45) is 0 Å². The molecule has 0 spiro atoms. The van der Waals surface area contributed by atoms with Gasteiger partial charge in [-0.1, -0.05) is 42.5 Å². The van der Waals surface area contributed by atoms with Crippen LogP contribution in [0.3, 0.4) is 0 Å². The van der Waals surface area contributed by atoms with E-state index in [0.29, 0.717) is 13.0 Å². The fourth-order valence-corrected chi connectivity index (χ4v) is 4.13. The van der Waals surface area contributed by atoms with Crippen molar-refractivity contribution in [2.75, 3.05) is 31.7 Å². The first-order chi connectivity index (χ1) is 14.7. The van der Waals surface area contributed by atoms with Gasteiger partial charge in [0.2, 0.25) is 11.9 Å². The number of hydrogen-bond acceptors (Lipinski definition) is 4. The van der Waals surface area contributed by atoms with Gasteiger partial charge in [-0.2, -0.15) is 0 Å². The Hall–Kier alpha value is -2.86. The van der Waals surface area contributed by atoms with Crippen molar-refractivity contribution in [1.82, 2.24) is 14.9 Å². The molecule has 1 saturated heterocycles. The van der Waals surface area contributed by atoms with Gasteiger partial charge in [0, 0.05) is 39.2 Å². The van der Waals surface area contributed by atoms with E-state index < -0.39 is 0 Å². The van der Waals surface area contributed by atoms with E-state index in [2.05, 4.69) is 39.0 Å². The van der Waals surface area contributed by atoms with Crippen LogP contribution >= 0.6 is 0 Å². The number of nitrogens with one attached hydrogen (secondary N) is 1. The summed E-state index contributed by atoms with van der Waals surface area (Å²) in [5.74, 6) is 1.15. The van der Waals surface area contributed by atoms with Crippen LogP contribution in [0.15, 0.2) is 54.6 Å². The van der Waals surface area contributed by atoms with Gasteiger partial charge in [-0.05, 0) is 37.0 Å². The van der Waals surface area contributed by atoms with E-state index in [9.17, 15) is 4.79 Å². The minimum Gasteiger partial charge on any atom is -0.383 e. The Morgan fingerprint density at radius 1 is 1.10 bits per heavy atom. The second kappa shape index (κ2) is 9.76. The number of carbonyl (C=O) groups excluding carboxylic acids is 1. The highest BCUT2D eigenvalue weighted by atomic mass is 16.5. The minimum atomic E-state index is 0.143. The Kier molecular flexibility index (Phi) is 6.64. The fraction of sp³-hybridized carbons (Fsp3) is 0.417. The van der Waals surface area contributed by atoms with Crippen LogP contribution in [0.25, 0.3) is 11.0 Å². The van der Waals surface area contributed by atoms with E-state index in [-0.39, 0.29) is 11.9 Å². The Bertz CT molecular complexity index is 962. The summed E-state index contributed by atoms with van der Waals surface area (Å²) in [5.41, 5.74) is 3.36. The smallest absolute Gasteiger partial charge is 0.220 e. The van der Waals surface area contributed by atoms with Crippen LogP contribution in [0.2, 0.25) is 0 Å². The first-order valence-corrected chi connectivity index (χ1v) is 10.8. The predicted molar refractivity (Wildman–Crippen MR) is 120 cm³/mol. The van der Waals surface area contributed by atoms with Gasteiger partial charge < -0.3 is 19.5 Å². The number of benzene rings is 2. The number of piperidine rings is 1. The maximum atomic E-state index is 12.4. The summed E-state index contributed by atoms with van der Waals surface area (Å²) in [7, 11) is 1.73. The van der Waals surface area contributed by atoms with Crippen LogP contribution in [0, 0.1) is 0 Å². The molecule has 1 aliphatic rings. The number of amides is 1. The minimum absolute atomic E-state index is 0.143. The number of nitrogens with zero attached hydrogens (tertiary/aromatic N) is 3. The third-order valence-electron chi connectivity index (χ3n) is 5.78. The number of anilines is 1. The molecule has 1 amide bonds. The van der Waals surface area contributed by atoms with Gasteiger partial charge in [0.05, 0.1) is 17.6 Å². The molecule has 0 radical (unpaired) electrons. The molecule has 0 aliphatic carbocycles. The third kappa shape index (κ3) is 4.82. The van der Waals surface area contributed by atoms with E-state index in [4.69, 9.17) is 9.72 Å². The van der Waals surface area contributed by atoms with Crippen LogP contribution in [-0.4, -0.2) is 48.3 Å². The number of imidazole rings is 1. The summed E-state index contributed by atoms with van der Waals surface area (Å²) in [6.45, 7) is 3.21. The molecule has 0 unspecified atom stereocenters. The van der Waals surface area contributed by atoms with E-state index in [1.165, 1.54) is 5.56 Å². The Morgan fingerprint density at radius 3 is 2.60 bits per heavy atom. The average molecular weight is 407 g/mol. The zero-order chi connectivity index (χ0) is 20.8. The van der Waals surface area contributed by atoms with Gasteiger partial charge >= 0.3 is 0 Å². The Labute approximate surface area is 177 Å². The molecular formula is C24H30N4O2. The number of aromatic nitrogens is 2. The summed E-state index contributed by atoms with van der Waals surface area (Å²) in [4.78, 5) is 19.6. The van der Waals surface area contributed by atoms with E-state index >= 15 is 0 Å². The van der Waals surface area contributed by atoms with E-state index in [1.54, 1.807) is 7.11 Å². The molecule has 2 aromatic carbocycles. The van der Waals surface area contributed by atoms with Crippen LogP contribution in [0.1, 0.15) is 24.8 Å². The number of methoxy groups -OCH3 is 1. The summed E-state index contributed by atoms with van der Waals surface area (Å²) in [6.07, 6.45) is 3.20. The molecule has 1 N–H and O–H groups in total. The molecule has 6 heteroatoms. The molecule has 2 heterocycles. The number of ether oxygens (including phenoxy) is 1. The van der Waals surface area contributed by atoms with Crippen molar-refractivity contribution in [3.05, 3.63) is 60.2 Å². The molecule has 0 bridgehead atoms. The highest BCUT2D eigenvalue weighted by Gasteiger charge is 2.24. The summed E-state index contributed by atoms with van der Waals surface area (Å²) in [5, 5.41) is 3.22.